The summed E-state index contributed by atoms with van der Waals surface area (Å²) in [5, 5.41) is 11.0. The molecule has 0 saturated carbocycles. The van der Waals surface area contributed by atoms with Crippen LogP contribution in [0.1, 0.15) is 34.7 Å². The Morgan fingerprint density at radius 3 is 2.66 bits per heavy atom. The lowest BCUT2D eigenvalue weighted by Crippen LogP contribution is -2.38. The van der Waals surface area contributed by atoms with Crippen molar-refractivity contribution in [1.82, 2.24) is 4.57 Å². The number of hydrogen-bond acceptors (Lipinski definition) is 4. The maximum atomic E-state index is 13.8. The van der Waals surface area contributed by atoms with Crippen LogP contribution < -0.4 is 14.9 Å². The third-order valence-electron chi connectivity index (χ3n) is 6.40. The van der Waals surface area contributed by atoms with Gasteiger partial charge in [0, 0.05) is 20.6 Å². The molecule has 2 heterocycles. The molecule has 0 amide bonds. The fraction of sp³-hybridized carbons (Fsp3) is 0.111. The minimum Gasteiger partial charge on any atom is -0.506 e. The second-order valence-electron chi connectivity index (χ2n) is 8.49. The standard InChI is InChI=1S/C27H17BrCl2N2O2S/c28-17-8-5-15(6-9-17)24-20-10-7-14-3-1-2-4-19(14)23(20)31-27-32(24)26(34)22(35-27)12-16-11-18(29)13-21(30)25(16)33/h1-6,8-9,11-13,24,33H,7,10H2. The topological polar surface area (TPSA) is 54.6 Å². The van der Waals surface area contributed by atoms with Crippen LogP contribution in [0.25, 0.3) is 11.8 Å². The Kier molecular flexibility index (Phi) is 5.72. The number of aromatic hydroxyl groups is 1. The number of hydrogen-bond donors (Lipinski definition) is 1. The minimum atomic E-state index is -0.263. The second-order valence-corrected chi connectivity index (χ2v) is 11.3. The molecule has 0 bridgehead atoms. The van der Waals surface area contributed by atoms with Crippen molar-refractivity contribution in [2.45, 2.75) is 18.9 Å². The first-order valence-corrected chi connectivity index (χ1v) is 13.3. The zero-order valence-electron chi connectivity index (χ0n) is 18.1. The first-order valence-electron chi connectivity index (χ1n) is 11.0. The molecule has 174 valence electrons. The van der Waals surface area contributed by atoms with Crippen LogP contribution in [0.4, 0.5) is 0 Å². The predicted molar refractivity (Wildman–Crippen MR) is 145 cm³/mol. The number of allylic oxidation sites excluding steroid dienone is 1. The molecule has 1 N–H and O–H groups in total. The highest BCUT2D eigenvalue weighted by Gasteiger charge is 2.32. The van der Waals surface area contributed by atoms with Gasteiger partial charge in [-0.2, -0.15) is 0 Å². The fourth-order valence-corrected chi connectivity index (χ4v) is 6.57. The predicted octanol–water partition coefficient (Wildman–Crippen LogP) is 6.09. The van der Waals surface area contributed by atoms with E-state index in [9.17, 15) is 9.90 Å². The van der Waals surface area contributed by atoms with Gasteiger partial charge in [-0.3, -0.25) is 9.36 Å². The minimum absolute atomic E-state index is 0.111. The quantitative estimate of drug-likeness (QED) is 0.310. The van der Waals surface area contributed by atoms with Gasteiger partial charge in [0.25, 0.3) is 5.56 Å². The zero-order chi connectivity index (χ0) is 24.3. The molecule has 2 aliphatic rings. The number of phenols is 1. The van der Waals surface area contributed by atoms with E-state index in [1.807, 2.05) is 30.3 Å². The van der Waals surface area contributed by atoms with E-state index in [4.69, 9.17) is 28.2 Å². The van der Waals surface area contributed by atoms with Gasteiger partial charge in [0.2, 0.25) is 0 Å². The first kappa shape index (κ1) is 22.8. The van der Waals surface area contributed by atoms with Gasteiger partial charge in [-0.15, -0.1) is 0 Å². The molecule has 3 aromatic carbocycles. The van der Waals surface area contributed by atoms with Crippen LogP contribution in [0.2, 0.25) is 10.0 Å². The van der Waals surface area contributed by atoms with Gasteiger partial charge < -0.3 is 5.11 Å². The Labute approximate surface area is 223 Å². The first-order chi connectivity index (χ1) is 16.9. The van der Waals surface area contributed by atoms with E-state index in [0.29, 0.717) is 19.9 Å². The molecule has 8 heteroatoms. The van der Waals surface area contributed by atoms with E-state index in [0.717, 1.165) is 39.7 Å². The zero-order valence-corrected chi connectivity index (χ0v) is 22.0. The van der Waals surface area contributed by atoms with Gasteiger partial charge in [-0.1, -0.05) is 86.9 Å². The van der Waals surface area contributed by atoms with Crippen molar-refractivity contribution in [3.05, 3.63) is 123 Å². The van der Waals surface area contributed by atoms with Crippen LogP contribution >= 0.6 is 50.5 Å². The summed E-state index contributed by atoms with van der Waals surface area (Å²) in [6.07, 6.45) is 3.36. The van der Waals surface area contributed by atoms with E-state index in [2.05, 4.69) is 34.1 Å². The number of rotatable bonds is 2. The average molecular weight is 584 g/mol. The SMILES string of the molecule is O=c1c(=Cc2cc(Cl)cc(Cl)c2O)sc2n1C(c1ccc(Br)cc1)C1=C(N=2)c2ccccc2CC1. The Balaban J connectivity index is 1.64. The number of aryl methyl sites for hydroxylation is 1. The molecule has 35 heavy (non-hydrogen) atoms. The summed E-state index contributed by atoms with van der Waals surface area (Å²) < 4.78 is 3.20. The number of thiazole rings is 1. The van der Waals surface area contributed by atoms with E-state index in [1.54, 1.807) is 16.7 Å². The molecule has 0 fully saturated rings. The van der Waals surface area contributed by atoms with Crippen LogP contribution in [0.3, 0.4) is 0 Å². The third-order valence-corrected chi connectivity index (χ3v) is 8.42. The summed E-state index contributed by atoms with van der Waals surface area (Å²) in [6, 6.07) is 19.2. The van der Waals surface area contributed by atoms with Crippen molar-refractivity contribution in [2.24, 2.45) is 4.99 Å². The number of aromatic nitrogens is 1. The van der Waals surface area contributed by atoms with Crippen LogP contribution in [-0.4, -0.2) is 9.67 Å². The molecule has 6 rings (SSSR count). The molecular weight excluding hydrogens is 567 g/mol. The number of phenolic OH excluding ortho intramolecular Hbond substituents is 1. The van der Waals surface area contributed by atoms with Gasteiger partial charge in [-0.25, -0.2) is 4.99 Å². The van der Waals surface area contributed by atoms with Crippen molar-refractivity contribution in [3.8, 4) is 5.75 Å². The van der Waals surface area contributed by atoms with E-state index in [-0.39, 0.29) is 22.4 Å². The van der Waals surface area contributed by atoms with Crippen LogP contribution in [-0.2, 0) is 6.42 Å². The summed E-state index contributed by atoms with van der Waals surface area (Å²) in [7, 11) is 0. The monoisotopic (exact) mass is 582 g/mol. The highest BCUT2D eigenvalue weighted by molar-refractivity contribution is 9.10. The van der Waals surface area contributed by atoms with E-state index < -0.39 is 0 Å². The number of nitrogens with zero attached hydrogens (tertiary/aromatic N) is 2. The third kappa shape index (κ3) is 3.89. The van der Waals surface area contributed by atoms with Gasteiger partial charge in [0.05, 0.1) is 21.3 Å². The summed E-state index contributed by atoms with van der Waals surface area (Å²) in [4.78, 5) is 19.4. The van der Waals surface area contributed by atoms with Gasteiger partial charge >= 0.3 is 0 Å². The molecule has 1 aliphatic heterocycles. The smallest absolute Gasteiger partial charge is 0.271 e. The molecule has 0 spiro atoms. The van der Waals surface area contributed by atoms with Crippen molar-refractivity contribution >= 4 is 62.2 Å². The molecule has 1 atom stereocenters. The summed E-state index contributed by atoms with van der Waals surface area (Å²) in [5.41, 5.74) is 5.72. The van der Waals surface area contributed by atoms with Gasteiger partial charge in [0.1, 0.15) is 5.75 Å². The van der Waals surface area contributed by atoms with Crippen molar-refractivity contribution in [3.63, 3.8) is 0 Å². The average Bonchev–Trinajstić information content (AvgIpc) is 3.16. The van der Waals surface area contributed by atoms with E-state index in [1.165, 1.54) is 23.0 Å². The molecule has 4 aromatic rings. The molecular formula is C27H17BrCl2N2O2S. The molecule has 4 nitrogen and oxygen atoms in total. The number of fused-ring (bicyclic) bond motifs is 3. The lowest BCUT2D eigenvalue weighted by Gasteiger charge is -2.30. The fourth-order valence-electron chi connectivity index (χ4n) is 4.80. The number of benzene rings is 3. The lowest BCUT2D eigenvalue weighted by atomic mass is 9.83. The Morgan fingerprint density at radius 2 is 1.86 bits per heavy atom. The van der Waals surface area contributed by atoms with Crippen LogP contribution in [0, 0.1) is 0 Å². The van der Waals surface area contributed by atoms with Crippen LogP contribution in [0.15, 0.2) is 80.5 Å². The number of halogens is 3. The molecule has 1 aliphatic carbocycles. The second kappa shape index (κ2) is 8.79. The summed E-state index contributed by atoms with van der Waals surface area (Å²) in [5.74, 6) is -0.111. The molecule has 1 unspecified atom stereocenters. The normalized spacial score (nSPS) is 17.0. The van der Waals surface area contributed by atoms with Gasteiger partial charge in [0.15, 0.2) is 4.80 Å². The largest absolute Gasteiger partial charge is 0.506 e. The van der Waals surface area contributed by atoms with Gasteiger partial charge in [-0.05, 0) is 59.9 Å². The summed E-state index contributed by atoms with van der Waals surface area (Å²) >= 11 is 17.1. The Bertz CT molecular complexity index is 1720. The maximum absolute atomic E-state index is 13.8. The lowest BCUT2D eigenvalue weighted by molar-refractivity contribution is 0.474. The van der Waals surface area contributed by atoms with Crippen molar-refractivity contribution in [1.29, 1.82) is 0 Å². The van der Waals surface area contributed by atoms with Crippen molar-refractivity contribution in [2.75, 3.05) is 0 Å². The highest BCUT2D eigenvalue weighted by Crippen LogP contribution is 2.41. The molecule has 0 radical (unpaired) electrons. The van der Waals surface area contributed by atoms with Crippen molar-refractivity contribution < 1.29 is 5.11 Å². The van der Waals surface area contributed by atoms with Crippen LogP contribution in [0.5, 0.6) is 5.75 Å². The van der Waals surface area contributed by atoms with E-state index >= 15 is 0 Å². The molecule has 1 aromatic heterocycles. The molecule has 0 saturated heterocycles. The highest BCUT2D eigenvalue weighted by atomic mass is 79.9. The Morgan fingerprint density at radius 1 is 1.09 bits per heavy atom. The summed E-state index contributed by atoms with van der Waals surface area (Å²) in [6.45, 7) is 0. The maximum Gasteiger partial charge on any atom is 0.271 e. The Hall–Kier alpha value is -2.64.